The molecule has 77 heavy (non-hydrogen) atoms. The first kappa shape index (κ1) is 72.1. The molecule has 0 radical (unpaired) electrons. The zero-order chi connectivity index (χ0) is 55.8. The van der Waals surface area contributed by atoms with E-state index in [1.54, 1.807) is 0 Å². The second-order valence-electron chi connectivity index (χ2n) is 21.8. The predicted octanol–water partition coefficient (Wildman–Crippen LogP) is 16.7. The Bertz CT molecular complexity index is 1530. The van der Waals surface area contributed by atoms with E-state index < -0.39 is 49.5 Å². The van der Waals surface area contributed by atoms with Crippen molar-refractivity contribution in [1.29, 1.82) is 0 Å². The fourth-order valence-corrected chi connectivity index (χ4v) is 9.71. The van der Waals surface area contributed by atoms with Crippen LogP contribution in [0.15, 0.2) is 97.2 Å². The zero-order valence-corrected chi connectivity index (χ0v) is 49.4. The van der Waals surface area contributed by atoms with Crippen LogP contribution in [0.5, 0.6) is 0 Å². The molecule has 0 saturated carbocycles. The highest BCUT2D eigenvalue weighted by atomic mass is 16.7. The average Bonchev–Trinajstić information content (AvgIpc) is 3.43. The molecule has 9 nitrogen and oxygen atoms in total. The Morgan fingerprint density at radius 1 is 0.455 bits per heavy atom. The van der Waals surface area contributed by atoms with Crippen molar-refractivity contribution in [1.82, 2.24) is 5.32 Å². The molecule has 7 atom stereocenters. The Kier molecular flexibility index (Phi) is 52.8. The summed E-state index contributed by atoms with van der Waals surface area (Å²) in [4.78, 5) is 13.1. The van der Waals surface area contributed by atoms with E-state index in [0.29, 0.717) is 12.8 Å². The van der Waals surface area contributed by atoms with E-state index in [4.69, 9.17) is 9.47 Å². The van der Waals surface area contributed by atoms with Gasteiger partial charge in [0.15, 0.2) is 6.29 Å². The summed E-state index contributed by atoms with van der Waals surface area (Å²) >= 11 is 0. The summed E-state index contributed by atoms with van der Waals surface area (Å²) in [5.74, 6) is -0.148. The number of ether oxygens (including phenoxy) is 2. The number of aliphatic hydroxyl groups excluding tert-OH is 5. The van der Waals surface area contributed by atoms with Gasteiger partial charge in [-0.15, -0.1) is 0 Å². The van der Waals surface area contributed by atoms with Crippen molar-refractivity contribution >= 4 is 5.91 Å². The standard InChI is InChI=1S/C68H119NO8/c1-3-5-7-9-11-13-15-17-19-21-22-23-24-25-26-27-28-29-30-31-32-33-34-35-36-37-38-39-40-42-44-46-48-50-52-54-56-58-64(72)69-61(60-76-68-67(75)66(74)65(73)63(59-70)77-68)62(71)57-55-53-51-49-47-45-43-41-20-18-16-14-12-10-8-6-4-2/h5,7,11,13,17,19,22-23,25-26,28-29,31-32,34-35,61-63,65-68,70-71,73-75H,3-4,6,8-10,12,14-16,18,20-21,24,27,30,33,36-60H2,1-2H3,(H,69,72)/b7-5-,13-11-,19-17-,23-22-,26-25-,29-28-,32-31-,35-34-. The van der Waals surface area contributed by atoms with Crippen LogP contribution in [-0.4, -0.2) is 87.5 Å². The van der Waals surface area contributed by atoms with Gasteiger partial charge < -0.3 is 40.3 Å². The monoisotopic (exact) mass is 1080 g/mol. The maximum absolute atomic E-state index is 13.1. The number of aliphatic hydroxyl groups is 5. The zero-order valence-electron chi connectivity index (χ0n) is 49.4. The summed E-state index contributed by atoms with van der Waals surface area (Å²) in [7, 11) is 0. The average molecular weight is 1080 g/mol. The van der Waals surface area contributed by atoms with E-state index in [2.05, 4.69) is 116 Å². The second-order valence-corrected chi connectivity index (χ2v) is 21.8. The van der Waals surface area contributed by atoms with E-state index >= 15 is 0 Å². The van der Waals surface area contributed by atoms with Gasteiger partial charge in [-0.05, 0) is 77.0 Å². The molecule has 0 aromatic carbocycles. The minimum absolute atomic E-state index is 0.141. The molecule has 9 heteroatoms. The lowest BCUT2D eigenvalue weighted by Crippen LogP contribution is -2.60. The Morgan fingerprint density at radius 3 is 1.19 bits per heavy atom. The largest absolute Gasteiger partial charge is 0.394 e. The molecule has 6 N–H and O–H groups in total. The third-order valence-electron chi connectivity index (χ3n) is 14.7. The molecule has 0 bridgehead atoms. The molecule has 1 fully saturated rings. The SMILES string of the molecule is CC/C=C\C/C=C\C/C=C\C/C=C\C/C=C\C/C=C\C/C=C\C/C=C\CCCCCCCCCCCCCCC(=O)NC(COC1OC(CO)C(O)C(O)C1O)C(O)CCCCCCCCCCCCCCCCCCC. The number of carbonyl (C=O) groups is 1. The van der Waals surface area contributed by atoms with Crippen LogP contribution in [0.1, 0.15) is 271 Å². The molecule has 7 unspecified atom stereocenters. The number of nitrogens with one attached hydrogen (secondary N) is 1. The molecule has 444 valence electrons. The van der Waals surface area contributed by atoms with Crippen LogP contribution in [0, 0.1) is 0 Å². The van der Waals surface area contributed by atoms with Crippen LogP contribution >= 0.6 is 0 Å². The van der Waals surface area contributed by atoms with Gasteiger partial charge in [-0.2, -0.15) is 0 Å². The number of allylic oxidation sites excluding steroid dienone is 16. The molecule has 0 aromatic heterocycles. The van der Waals surface area contributed by atoms with Gasteiger partial charge in [0.05, 0.1) is 25.4 Å². The van der Waals surface area contributed by atoms with Gasteiger partial charge in [0, 0.05) is 6.42 Å². The molecule has 0 aromatic rings. The fourth-order valence-electron chi connectivity index (χ4n) is 9.71. The quantitative estimate of drug-likeness (QED) is 0.0261. The molecule has 1 aliphatic heterocycles. The number of unbranched alkanes of at least 4 members (excludes halogenated alkanes) is 28. The second kappa shape index (κ2) is 56.4. The van der Waals surface area contributed by atoms with E-state index in [1.165, 1.54) is 154 Å². The van der Waals surface area contributed by atoms with Crippen LogP contribution in [0.2, 0.25) is 0 Å². The molecule has 1 aliphatic rings. The molecule has 1 rings (SSSR count). The molecule has 1 heterocycles. The number of carbonyl (C=O) groups excluding carboxylic acids is 1. The van der Waals surface area contributed by atoms with Crippen molar-refractivity contribution in [2.24, 2.45) is 0 Å². The van der Waals surface area contributed by atoms with Crippen molar-refractivity contribution in [3.8, 4) is 0 Å². The van der Waals surface area contributed by atoms with Crippen LogP contribution < -0.4 is 5.32 Å². The lowest BCUT2D eigenvalue weighted by molar-refractivity contribution is -0.302. The van der Waals surface area contributed by atoms with Gasteiger partial charge in [-0.25, -0.2) is 0 Å². The van der Waals surface area contributed by atoms with E-state index in [9.17, 15) is 30.3 Å². The van der Waals surface area contributed by atoms with Crippen LogP contribution in [0.4, 0.5) is 0 Å². The Hall–Kier alpha value is -2.89. The summed E-state index contributed by atoms with van der Waals surface area (Å²) in [6.07, 6.45) is 74.4. The Morgan fingerprint density at radius 2 is 0.805 bits per heavy atom. The first-order valence-corrected chi connectivity index (χ1v) is 31.9. The van der Waals surface area contributed by atoms with Crippen molar-refractivity contribution < 1.29 is 39.8 Å². The van der Waals surface area contributed by atoms with Crippen molar-refractivity contribution in [2.45, 2.75) is 314 Å². The summed E-state index contributed by atoms with van der Waals surface area (Å²) in [5.41, 5.74) is 0. The topological polar surface area (TPSA) is 149 Å². The minimum atomic E-state index is -1.56. The first-order valence-electron chi connectivity index (χ1n) is 31.9. The van der Waals surface area contributed by atoms with Gasteiger partial charge in [0.2, 0.25) is 5.91 Å². The van der Waals surface area contributed by atoms with Crippen molar-refractivity contribution in [3.05, 3.63) is 97.2 Å². The van der Waals surface area contributed by atoms with Gasteiger partial charge in [-0.1, -0.05) is 284 Å². The van der Waals surface area contributed by atoms with E-state index in [0.717, 1.165) is 89.9 Å². The molecule has 1 saturated heterocycles. The van der Waals surface area contributed by atoms with Crippen molar-refractivity contribution in [3.63, 3.8) is 0 Å². The molecule has 0 spiro atoms. The summed E-state index contributed by atoms with van der Waals surface area (Å²) < 4.78 is 11.3. The summed E-state index contributed by atoms with van der Waals surface area (Å²) in [6, 6.07) is -0.726. The van der Waals surface area contributed by atoms with E-state index in [1.807, 2.05) is 0 Å². The lowest BCUT2D eigenvalue weighted by Gasteiger charge is -2.40. The summed E-state index contributed by atoms with van der Waals surface area (Å²) in [5, 5.41) is 54.8. The number of amides is 1. The normalized spacial score (nSPS) is 19.4. The number of rotatable bonds is 54. The first-order chi connectivity index (χ1) is 37.8. The highest BCUT2D eigenvalue weighted by Crippen LogP contribution is 2.23. The molecular weight excluding hydrogens is 959 g/mol. The molecule has 0 aliphatic carbocycles. The fraction of sp³-hybridized carbons (Fsp3) is 0.750. The third-order valence-corrected chi connectivity index (χ3v) is 14.7. The smallest absolute Gasteiger partial charge is 0.220 e. The molecular formula is C68H119NO8. The minimum Gasteiger partial charge on any atom is -0.394 e. The van der Waals surface area contributed by atoms with Gasteiger partial charge in [0.25, 0.3) is 0 Å². The van der Waals surface area contributed by atoms with Crippen LogP contribution in [0.3, 0.4) is 0 Å². The van der Waals surface area contributed by atoms with Crippen LogP contribution in [-0.2, 0) is 14.3 Å². The predicted molar refractivity (Wildman–Crippen MR) is 327 cm³/mol. The third kappa shape index (κ3) is 45.5. The molecule has 1 amide bonds. The number of hydrogen-bond donors (Lipinski definition) is 6. The van der Waals surface area contributed by atoms with E-state index in [-0.39, 0.29) is 12.5 Å². The highest BCUT2D eigenvalue weighted by molar-refractivity contribution is 5.76. The van der Waals surface area contributed by atoms with Crippen molar-refractivity contribution in [2.75, 3.05) is 13.2 Å². The number of hydrogen-bond acceptors (Lipinski definition) is 8. The van der Waals surface area contributed by atoms with Gasteiger partial charge in [0.1, 0.15) is 24.4 Å². The maximum Gasteiger partial charge on any atom is 0.220 e. The summed E-state index contributed by atoms with van der Waals surface area (Å²) in [6.45, 7) is 3.74. The highest BCUT2D eigenvalue weighted by Gasteiger charge is 2.44. The van der Waals surface area contributed by atoms with Gasteiger partial charge in [-0.3, -0.25) is 4.79 Å². The Labute approximate surface area is 473 Å². The lowest BCUT2D eigenvalue weighted by atomic mass is 9.99. The van der Waals surface area contributed by atoms with Crippen LogP contribution in [0.25, 0.3) is 0 Å². The Balaban J connectivity index is 2.13. The maximum atomic E-state index is 13.1. The van der Waals surface area contributed by atoms with Gasteiger partial charge >= 0.3 is 0 Å².